The van der Waals surface area contributed by atoms with Gasteiger partial charge in [0.15, 0.2) is 0 Å². The lowest BCUT2D eigenvalue weighted by molar-refractivity contribution is 1.19. The molecule has 2 aromatic rings. The van der Waals surface area contributed by atoms with Gasteiger partial charge < -0.3 is 5.32 Å². The summed E-state index contributed by atoms with van der Waals surface area (Å²) in [6.45, 7) is 2.98. The predicted octanol–water partition coefficient (Wildman–Crippen LogP) is 5.80. The topological polar surface area (TPSA) is 12.0 Å². The van der Waals surface area contributed by atoms with Crippen LogP contribution in [-0.4, -0.2) is 0 Å². The Balaban J connectivity index is 2.04. The highest BCUT2D eigenvalue weighted by Gasteiger charge is 2.04. The van der Waals surface area contributed by atoms with Gasteiger partial charge in [0.1, 0.15) is 0 Å². The summed E-state index contributed by atoms with van der Waals surface area (Å²) in [6.07, 6.45) is 0. The summed E-state index contributed by atoms with van der Waals surface area (Å²) in [4.78, 5) is 1.30. The Labute approximate surface area is 135 Å². The molecule has 0 spiro atoms. The van der Waals surface area contributed by atoms with E-state index in [0.717, 1.165) is 14.8 Å². The second kappa shape index (κ2) is 6.04. The second-order valence-electron chi connectivity index (χ2n) is 3.65. The Morgan fingerprint density at radius 3 is 2.65 bits per heavy atom. The molecule has 0 bridgehead atoms. The summed E-state index contributed by atoms with van der Waals surface area (Å²) < 4.78 is 3.56. The number of halogens is 3. The van der Waals surface area contributed by atoms with Crippen LogP contribution in [0.2, 0.25) is 0 Å². The van der Waals surface area contributed by atoms with Gasteiger partial charge in [-0.1, -0.05) is 6.07 Å². The molecule has 0 atom stereocenters. The van der Waals surface area contributed by atoms with Gasteiger partial charge in [-0.05, 0) is 85.1 Å². The normalized spacial score (nSPS) is 10.6. The van der Waals surface area contributed by atoms with Crippen molar-refractivity contribution in [1.82, 2.24) is 0 Å². The van der Waals surface area contributed by atoms with E-state index < -0.39 is 0 Å². The van der Waals surface area contributed by atoms with Crippen LogP contribution in [0.5, 0.6) is 0 Å². The van der Waals surface area contributed by atoms with Crippen LogP contribution in [0, 0.1) is 10.5 Å². The third kappa shape index (κ3) is 3.68. The van der Waals surface area contributed by atoms with Crippen molar-refractivity contribution in [3.05, 3.63) is 46.5 Å². The van der Waals surface area contributed by atoms with Gasteiger partial charge in [0.25, 0.3) is 0 Å². The van der Waals surface area contributed by atoms with Crippen molar-refractivity contribution in [1.29, 1.82) is 0 Å². The minimum absolute atomic E-state index is 0.855. The van der Waals surface area contributed by atoms with E-state index >= 15 is 0 Å². The molecular formula is C12H10Br2INS. The SMILES string of the molecule is Cc1ccc(NCc2cc(Br)c(Br)s2)cc1I. The minimum atomic E-state index is 0.855. The van der Waals surface area contributed by atoms with E-state index in [1.165, 1.54) is 19.7 Å². The maximum atomic E-state index is 3.51. The van der Waals surface area contributed by atoms with Gasteiger partial charge in [0.05, 0.1) is 3.79 Å². The van der Waals surface area contributed by atoms with Crippen LogP contribution < -0.4 is 5.32 Å². The lowest BCUT2D eigenvalue weighted by Gasteiger charge is -2.06. The first-order chi connectivity index (χ1) is 8.06. The van der Waals surface area contributed by atoms with Crippen molar-refractivity contribution in [3.63, 3.8) is 0 Å². The molecule has 0 aliphatic carbocycles. The van der Waals surface area contributed by atoms with Gasteiger partial charge in [-0.3, -0.25) is 0 Å². The molecule has 1 nitrogen and oxygen atoms in total. The number of hydrogen-bond acceptors (Lipinski definition) is 2. The molecule has 0 fully saturated rings. The molecule has 1 aromatic heterocycles. The van der Waals surface area contributed by atoms with Gasteiger partial charge in [-0.2, -0.15) is 0 Å². The van der Waals surface area contributed by atoms with Crippen molar-refractivity contribution >= 4 is 71.5 Å². The Hall–Kier alpha value is 0.410. The van der Waals surface area contributed by atoms with E-state index in [4.69, 9.17) is 0 Å². The highest BCUT2D eigenvalue weighted by Crippen LogP contribution is 2.32. The first kappa shape index (κ1) is 13.8. The van der Waals surface area contributed by atoms with Crippen LogP contribution in [0.3, 0.4) is 0 Å². The fourth-order valence-corrected chi connectivity index (χ4v) is 4.00. The summed E-state index contributed by atoms with van der Waals surface area (Å²) in [6, 6.07) is 8.58. The number of thiophene rings is 1. The number of benzene rings is 1. The van der Waals surface area contributed by atoms with Crippen LogP contribution >= 0.6 is 65.8 Å². The third-order valence-corrected chi connectivity index (χ3v) is 6.75. The molecule has 0 radical (unpaired) electrons. The maximum absolute atomic E-state index is 3.51. The predicted molar refractivity (Wildman–Crippen MR) is 90.9 cm³/mol. The van der Waals surface area contributed by atoms with Crippen LogP contribution in [0.25, 0.3) is 0 Å². The summed E-state index contributed by atoms with van der Waals surface area (Å²) in [5.74, 6) is 0. The fourth-order valence-electron chi connectivity index (χ4n) is 1.37. The molecule has 0 aliphatic heterocycles. The van der Waals surface area contributed by atoms with Crippen molar-refractivity contribution in [2.75, 3.05) is 5.32 Å². The minimum Gasteiger partial charge on any atom is -0.380 e. The van der Waals surface area contributed by atoms with E-state index in [-0.39, 0.29) is 0 Å². The average Bonchev–Trinajstić information content (AvgIpc) is 2.60. The molecule has 1 N–H and O–H groups in total. The molecule has 0 saturated carbocycles. The van der Waals surface area contributed by atoms with E-state index in [0.29, 0.717) is 0 Å². The lowest BCUT2D eigenvalue weighted by atomic mass is 10.2. The summed E-state index contributed by atoms with van der Waals surface area (Å²) in [5.41, 5.74) is 2.48. The largest absolute Gasteiger partial charge is 0.380 e. The van der Waals surface area contributed by atoms with E-state index in [2.05, 4.69) is 91.0 Å². The number of hydrogen-bond donors (Lipinski definition) is 1. The Morgan fingerprint density at radius 1 is 1.29 bits per heavy atom. The maximum Gasteiger partial charge on any atom is 0.0843 e. The molecule has 0 aliphatic rings. The van der Waals surface area contributed by atoms with Crippen molar-refractivity contribution in [2.24, 2.45) is 0 Å². The number of nitrogens with one attached hydrogen (secondary N) is 1. The molecule has 1 heterocycles. The molecule has 17 heavy (non-hydrogen) atoms. The van der Waals surface area contributed by atoms with Crippen LogP contribution in [0.1, 0.15) is 10.4 Å². The zero-order chi connectivity index (χ0) is 12.4. The smallest absolute Gasteiger partial charge is 0.0843 e. The number of rotatable bonds is 3. The van der Waals surface area contributed by atoms with E-state index in [9.17, 15) is 0 Å². The molecular weight excluding hydrogens is 477 g/mol. The van der Waals surface area contributed by atoms with Gasteiger partial charge in [0, 0.05) is 25.2 Å². The molecule has 0 amide bonds. The van der Waals surface area contributed by atoms with E-state index in [1.807, 2.05) is 0 Å². The molecule has 2 rings (SSSR count). The number of aryl methyl sites for hydroxylation is 1. The van der Waals surface area contributed by atoms with Crippen molar-refractivity contribution in [2.45, 2.75) is 13.5 Å². The third-order valence-electron chi connectivity index (χ3n) is 2.33. The van der Waals surface area contributed by atoms with Crippen LogP contribution in [0.4, 0.5) is 5.69 Å². The molecule has 1 aromatic carbocycles. The number of anilines is 1. The lowest BCUT2D eigenvalue weighted by Crippen LogP contribution is -1.97. The molecule has 0 unspecified atom stereocenters. The highest BCUT2D eigenvalue weighted by molar-refractivity contribution is 14.1. The van der Waals surface area contributed by atoms with Gasteiger partial charge >= 0.3 is 0 Å². The zero-order valence-corrected chi connectivity index (χ0v) is 15.2. The first-order valence-electron chi connectivity index (χ1n) is 5.00. The quantitative estimate of drug-likeness (QED) is 0.541. The van der Waals surface area contributed by atoms with Crippen molar-refractivity contribution in [3.8, 4) is 0 Å². The molecule has 90 valence electrons. The zero-order valence-electron chi connectivity index (χ0n) is 9.06. The molecule has 0 saturated heterocycles. The summed E-state index contributed by atoms with van der Waals surface area (Å²) >= 11 is 11.1. The Kier molecular flexibility index (Phi) is 4.91. The van der Waals surface area contributed by atoms with Gasteiger partial charge in [-0.25, -0.2) is 0 Å². The Morgan fingerprint density at radius 2 is 2.06 bits per heavy atom. The summed E-state index contributed by atoms with van der Waals surface area (Å²) in [5, 5.41) is 3.43. The average molecular weight is 487 g/mol. The molecule has 5 heteroatoms. The first-order valence-corrected chi connectivity index (χ1v) is 8.48. The van der Waals surface area contributed by atoms with Crippen LogP contribution in [-0.2, 0) is 6.54 Å². The summed E-state index contributed by atoms with van der Waals surface area (Å²) in [7, 11) is 0. The van der Waals surface area contributed by atoms with Crippen molar-refractivity contribution < 1.29 is 0 Å². The second-order valence-corrected chi connectivity index (χ2v) is 8.12. The highest BCUT2D eigenvalue weighted by atomic mass is 127. The fraction of sp³-hybridized carbons (Fsp3) is 0.167. The standard InChI is InChI=1S/C12H10Br2INS/c1-7-2-3-8(4-11(7)15)16-6-9-5-10(13)12(14)17-9/h2-5,16H,6H2,1H3. The van der Waals surface area contributed by atoms with E-state index in [1.54, 1.807) is 11.3 Å². The van der Waals surface area contributed by atoms with Gasteiger partial charge in [0.2, 0.25) is 0 Å². The van der Waals surface area contributed by atoms with Crippen LogP contribution in [0.15, 0.2) is 32.5 Å². The van der Waals surface area contributed by atoms with Gasteiger partial charge in [-0.15, -0.1) is 11.3 Å². The monoisotopic (exact) mass is 485 g/mol. The Bertz CT molecular complexity index is 520.